The Kier molecular flexibility index (Phi) is 5.86. The number of carbonyl (C=O) groups is 2. The number of halogens is 2. The lowest BCUT2D eigenvalue weighted by Gasteiger charge is -2.28. The molecule has 2 fully saturated rings. The molecular formula is C18H19ClFNO5S. The maximum Gasteiger partial charge on any atom is 0.331 e. The van der Waals surface area contributed by atoms with Crippen LogP contribution in [0.2, 0.25) is 5.02 Å². The average Bonchev–Trinajstić information content (AvgIpc) is 3.37. The summed E-state index contributed by atoms with van der Waals surface area (Å²) in [6.45, 7) is -0.444. The Morgan fingerprint density at radius 2 is 2.00 bits per heavy atom. The molecule has 1 saturated carbocycles. The summed E-state index contributed by atoms with van der Waals surface area (Å²) in [7, 11) is -3.11. The molecule has 1 aliphatic heterocycles. The fourth-order valence-electron chi connectivity index (χ4n) is 3.09. The maximum absolute atomic E-state index is 13.1. The molecule has 2 aliphatic rings. The van der Waals surface area contributed by atoms with Gasteiger partial charge in [0.2, 0.25) is 0 Å². The summed E-state index contributed by atoms with van der Waals surface area (Å²) in [5, 5.41) is -0.0627. The van der Waals surface area contributed by atoms with Gasteiger partial charge in [0.25, 0.3) is 5.91 Å². The highest BCUT2D eigenvalue weighted by atomic mass is 35.5. The second-order valence-electron chi connectivity index (χ2n) is 6.70. The van der Waals surface area contributed by atoms with Crippen molar-refractivity contribution >= 4 is 39.4 Å². The molecule has 3 rings (SSSR count). The lowest BCUT2D eigenvalue weighted by Crippen LogP contribution is -2.44. The minimum absolute atomic E-state index is 0.0333. The van der Waals surface area contributed by atoms with E-state index in [1.807, 2.05) is 0 Å². The van der Waals surface area contributed by atoms with Gasteiger partial charge in [-0.25, -0.2) is 17.6 Å². The second kappa shape index (κ2) is 7.98. The van der Waals surface area contributed by atoms with Crippen LogP contribution in [0.15, 0.2) is 24.3 Å². The summed E-state index contributed by atoms with van der Waals surface area (Å²) in [4.78, 5) is 25.8. The predicted molar refractivity (Wildman–Crippen MR) is 98.3 cm³/mol. The lowest BCUT2D eigenvalue weighted by molar-refractivity contribution is -0.149. The second-order valence-corrected chi connectivity index (χ2v) is 9.34. The van der Waals surface area contributed by atoms with Crippen molar-refractivity contribution in [3.05, 3.63) is 40.7 Å². The minimum atomic E-state index is -3.11. The van der Waals surface area contributed by atoms with Crippen LogP contribution >= 0.6 is 11.6 Å². The van der Waals surface area contributed by atoms with Gasteiger partial charge in [-0.1, -0.05) is 17.7 Å². The molecule has 1 amide bonds. The molecule has 146 valence electrons. The van der Waals surface area contributed by atoms with Crippen LogP contribution in [0.5, 0.6) is 0 Å². The number of sulfone groups is 1. The summed E-state index contributed by atoms with van der Waals surface area (Å²) in [6.07, 6.45) is 4.62. The van der Waals surface area contributed by atoms with E-state index in [2.05, 4.69) is 0 Å². The lowest BCUT2D eigenvalue weighted by atomic mass is 10.2. The highest BCUT2D eigenvalue weighted by molar-refractivity contribution is 7.91. The molecule has 0 aromatic heterocycles. The van der Waals surface area contributed by atoms with E-state index in [1.54, 1.807) is 4.90 Å². The van der Waals surface area contributed by atoms with E-state index in [-0.39, 0.29) is 34.5 Å². The largest absolute Gasteiger partial charge is 0.452 e. The van der Waals surface area contributed by atoms with Gasteiger partial charge in [-0.2, -0.15) is 0 Å². The van der Waals surface area contributed by atoms with Gasteiger partial charge >= 0.3 is 5.97 Å². The number of rotatable bonds is 6. The number of esters is 1. The van der Waals surface area contributed by atoms with E-state index in [0.717, 1.165) is 18.9 Å². The van der Waals surface area contributed by atoms with Crippen molar-refractivity contribution in [1.82, 2.24) is 4.90 Å². The molecular weight excluding hydrogens is 397 g/mol. The van der Waals surface area contributed by atoms with Crippen molar-refractivity contribution in [3.8, 4) is 0 Å². The summed E-state index contributed by atoms with van der Waals surface area (Å²) in [6, 6.07) is 3.68. The standard InChI is InChI=1S/C18H19ClFNO5S/c19-15-9-12(1-5-16(15)20)2-6-18(23)26-10-17(22)21(13-3-4-13)14-7-8-27(24,25)11-14/h1-2,5-6,9,13-14H,3-4,7-8,10-11H2/b6-2+/t14-/m0/s1. The molecule has 0 bridgehead atoms. The number of hydrogen-bond acceptors (Lipinski definition) is 5. The molecule has 1 heterocycles. The van der Waals surface area contributed by atoms with Crippen LogP contribution in [0.4, 0.5) is 4.39 Å². The molecule has 1 atom stereocenters. The monoisotopic (exact) mass is 415 g/mol. The quantitative estimate of drug-likeness (QED) is 0.525. The Morgan fingerprint density at radius 1 is 1.26 bits per heavy atom. The number of hydrogen-bond donors (Lipinski definition) is 0. The molecule has 6 nitrogen and oxygen atoms in total. The topological polar surface area (TPSA) is 80.8 Å². The van der Waals surface area contributed by atoms with Crippen LogP contribution in [0.3, 0.4) is 0 Å². The molecule has 1 aromatic rings. The average molecular weight is 416 g/mol. The fourth-order valence-corrected chi connectivity index (χ4v) is 4.99. The van der Waals surface area contributed by atoms with Gasteiger partial charge in [0.1, 0.15) is 5.82 Å². The number of nitrogens with zero attached hydrogens (tertiary/aromatic N) is 1. The SMILES string of the molecule is O=C(/C=C/c1ccc(F)c(Cl)c1)OCC(=O)N(C1CC1)[C@H]1CCS(=O)(=O)C1. The zero-order valence-corrected chi connectivity index (χ0v) is 16.0. The molecule has 0 radical (unpaired) electrons. The third-order valence-electron chi connectivity index (χ3n) is 4.52. The molecule has 0 unspecified atom stereocenters. The third kappa shape index (κ3) is 5.29. The summed E-state index contributed by atoms with van der Waals surface area (Å²) in [5.41, 5.74) is 0.514. The molecule has 0 spiro atoms. The first-order valence-corrected chi connectivity index (χ1v) is 10.8. The fraction of sp³-hybridized carbons (Fsp3) is 0.444. The summed E-state index contributed by atoms with van der Waals surface area (Å²) >= 11 is 5.67. The molecule has 27 heavy (non-hydrogen) atoms. The van der Waals surface area contributed by atoms with E-state index in [0.29, 0.717) is 12.0 Å². The van der Waals surface area contributed by atoms with E-state index in [9.17, 15) is 22.4 Å². The predicted octanol–water partition coefficient (Wildman–Crippen LogP) is 2.21. The highest BCUT2D eigenvalue weighted by Gasteiger charge is 2.42. The van der Waals surface area contributed by atoms with Crippen molar-refractivity contribution < 1.29 is 27.1 Å². The Balaban J connectivity index is 1.54. The van der Waals surface area contributed by atoms with E-state index in [1.165, 1.54) is 24.3 Å². The van der Waals surface area contributed by atoms with E-state index in [4.69, 9.17) is 16.3 Å². The van der Waals surface area contributed by atoms with Gasteiger partial charge in [0.05, 0.1) is 16.5 Å². The number of carbonyl (C=O) groups excluding carboxylic acids is 2. The van der Waals surface area contributed by atoms with Gasteiger partial charge in [-0.05, 0) is 43.0 Å². The highest BCUT2D eigenvalue weighted by Crippen LogP contribution is 2.32. The van der Waals surface area contributed by atoms with Crippen molar-refractivity contribution in [2.45, 2.75) is 31.3 Å². The molecule has 1 aliphatic carbocycles. The van der Waals surface area contributed by atoms with Gasteiger partial charge in [0, 0.05) is 18.2 Å². The van der Waals surface area contributed by atoms with Crippen LogP contribution in [-0.4, -0.2) is 55.4 Å². The van der Waals surface area contributed by atoms with Crippen molar-refractivity contribution in [3.63, 3.8) is 0 Å². The Morgan fingerprint density at radius 3 is 2.59 bits per heavy atom. The van der Waals surface area contributed by atoms with Gasteiger partial charge in [-0.15, -0.1) is 0 Å². The molecule has 1 aromatic carbocycles. The number of benzene rings is 1. The molecule has 9 heteroatoms. The summed E-state index contributed by atoms with van der Waals surface area (Å²) < 4.78 is 41.4. The van der Waals surface area contributed by atoms with E-state index >= 15 is 0 Å². The van der Waals surface area contributed by atoms with Crippen molar-refractivity contribution in [2.75, 3.05) is 18.1 Å². The third-order valence-corrected chi connectivity index (χ3v) is 6.56. The van der Waals surface area contributed by atoms with Crippen LogP contribution < -0.4 is 0 Å². The Bertz CT molecular complexity index is 882. The minimum Gasteiger partial charge on any atom is -0.452 e. The van der Waals surface area contributed by atoms with E-state index < -0.39 is 28.2 Å². The normalized spacial score (nSPS) is 21.3. The maximum atomic E-state index is 13.1. The Labute approximate surface area is 161 Å². The number of amides is 1. The van der Waals surface area contributed by atoms with Gasteiger partial charge < -0.3 is 9.64 Å². The smallest absolute Gasteiger partial charge is 0.331 e. The molecule has 0 N–H and O–H groups in total. The van der Waals surface area contributed by atoms with Crippen molar-refractivity contribution in [2.24, 2.45) is 0 Å². The van der Waals surface area contributed by atoms with Gasteiger partial charge in [0.15, 0.2) is 16.4 Å². The zero-order chi connectivity index (χ0) is 19.6. The Hall–Kier alpha value is -1.93. The van der Waals surface area contributed by atoms with Gasteiger partial charge in [-0.3, -0.25) is 4.79 Å². The summed E-state index contributed by atoms with van der Waals surface area (Å²) in [5.74, 6) is -1.62. The first-order valence-electron chi connectivity index (χ1n) is 8.56. The first-order chi connectivity index (χ1) is 12.7. The van der Waals surface area contributed by atoms with Crippen LogP contribution in [0.25, 0.3) is 6.08 Å². The van der Waals surface area contributed by atoms with Crippen LogP contribution in [0.1, 0.15) is 24.8 Å². The molecule has 1 saturated heterocycles. The van der Waals surface area contributed by atoms with Crippen LogP contribution in [-0.2, 0) is 24.2 Å². The van der Waals surface area contributed by atoms with Crippen LogP contribution in [0, 0.1) is 5.82 Å². The number of ether oxygens (including phenoxy) is 1. The first kappa shape index (κ1) is 19.8. The van der Waals surface area contributed by atoms with Crippen molar-refractivity contribution in [1.29, 1.82) is 0 Å². The zero-order valence-electron chi connectivity index (χ0n) is 14.4.